The zero-order valence-electron chi connectivity index (χ0n) is 10.3. The summed E-state index contributed by atoms with van der Waals surface area (Å²) in [7, 11) is 5.24. The van der Waals surface area contributed by atoms with Gasteiger partial charge in [-0.1, -0.05) is 0 Å². The van der Waals surface area contributed by atoms with Crippen LogP contribution in [0.2, 0.25) is 0 Å². The van der Waals surface area contributed by atoms with E-state index in [2.05, 4.69) is 9.47 Å². The lowest BCUT2D eigenvalue weighted by molar-refractivity contribution is -0.192. The molecule has 0 unspecified atom stereocenters. The second-order valence-corrected chi connectivity index (χ2v) is 3.26. The molecule has 0 rings (SSSR count). The molecule has 0 heterocycles. The normalized spacial score (nSPS) is 10.4. The molecule has 0 aromatic heterocycles. The third-order valence-electron chi connectivity index (χ3n) is 1.38. The Morgan fingerprint density at radius 2 is 1.72 bits per heavy atom. The fourth-order valence-electron chi connectivity index (χ4n) is 0.595. The summed E-state index contributed by atoms with van der Waals surface area (Å²) in [5.74, 6) is -2.76. The SMILES string of the molecule is COC(=O)OCCCN(C)C.O=C(O)C(F)(F)F. The molecule has 18 heavy (non-hydrogen) atoms. The molecule has 0 aliphatic rings. The highest BCUT2D eigenvalue weighted by atomic mass is 19.4. The van der Waals surface area contributed by atoms with Crippen LogP contribution in [0.5, 0.6) is 0 Å². The molecule has 0 atom stereocenters. The number of carboxylic acids is 1. The highest BCUT2D eigenvalue weighted by Gasteiger charge is 2.38. The van der Waals surface area contributed by atoms with Crippen molar-refractivity contribution in [1.82, 2.24) is 4.90 Å². The molecule has 0 aliphatic heterocycles. The van der Waals surface area contributed by atoms with Gasteiger partial charge in [0.15, 0.2) is 0 Å². The van der Waals surface area contributed by atoms with Crippen LogP contribution in [-0.4, -0.2) is 62.7 Å². The Morgan fingerprint density at radius 1 is 1.28 bits per heavy atom. The maximum absolute atomic E-state index is 10.6. The molecule has 6 nitrogen and oxygen atoms in total. The van der Waals surface area contributed by atoms with Gasteiger partial charge in [-0.3, -0.25) is 0 Å². The number of halogens is 3. The maximum atomic E-state index is 10.6. The van der Waals surface area contributed by atoms with Crippen molar-refractivity contribution >= 4 is 12.1 Å². The molecule has 0 amide bonds. The zero-order valence-corrected chi connectivity index (χ0v) is 10.3. The summed E-state index contributed by atoms with van der Waals surface area (Å²) in [5.41, 5.74) is 0. The standard InChI is InChI=1S/C7H15NO3.C2HF3O2/c1-8(2)5-4-6-11-7(9)10-3;3-2(4,5)1(6)7/h4-6H2,1-3H3;(H,6,7). The van der Waals surface area contributed by atoms with E-state index in [1.807, 2.05) is 19.0 Å². The quantitative estimate of drug-likeness (QED) is 0.616. The predicted octanol–water partition coefficient (Wildman–Crippen LogP) is 1.35. The molecular formula is C9H16F3NO5. The number of carboxylic acid groups (broad SMARTS) is 1. The van der Waals surface area contributed by atoms with Crippen molar-refractivity contribution in [3.8, 4) is 0 Å². The lowest BCUT2D eigenvalue weighted by Crippen LogP contribution is -2.21. The van der Waals surface area contributed by atoms with Crippen LogP contribution in [0.25, 0.3) is 0 Å². The smallest absolute Gasteiger partial charge is 0.475 e. The van der Waals surface area contributed by atoms with Crippen LogP contribution in [0, 0.1) is 0 Å². The van der Waals surface area contributed by atoms with Crippen LogP contribution in [-0.2, 0) is 14.3 Å². The fourth-order valence-corrected chi connectivity index (χ4v) is 0.595. The fraction of sp³-hybridized carbons (Fsp3) is 0.778. The number of aliphatic carboxylic acids is 1. The number of carbonyl (C=O) groups excluding carboxylic acids is 1. The number of ether oxygens (including phenoxy) is 2. The Labute approximate surface area is 102 Å². The number of methoxy groups -OCH3 is 1. The molecule has 0 aromatic carbocycles. The van der Waals surface area contributed by atoms with Crippen LogP contribution in [0.1, 0.15) is 6.42 Å². The highest BCUT2D eigenvalue weighted by Crippen LogP contribution is 2.13. The summed E-state index contributed by atoms with van der Waals surface area (Å²) >= 11 is 0. The van der Waals surface area contributed by atoms with Gasteiger partial charge in [0, 0.05) is 6.54 Å². The van der Waals surface area contributed by atoms with Crippen molar-refractivity contribution in [2.24, 2.45) is 0 Å². The van der Waals surface area contributed by atoms with E-state index in [0.717, 1.165) is 13.0 Å². The van der Waals surface area contributed by atoms with Gasteiger partial charge in [-0.25, -0.2) is 9.59 Å². The average Bonchev–Trinajstić information content (AvgIpc) is 2.23. The topological polar surface area (TPSA) is 76.1 Å². The van der Waals surface area contributed by atoms with E-state index in [0.29, 0.717) is 6.61 Å². The molecule has 0 fully saturated rings. The van der Waals surface area contributed by atoms with Crippen LogP contribution < -0.4 is 0 Å². The van der Waals surface area contributed by atoms with E-state index in [1.54, 1.807) is 0 Å². The molecule has 0 saturated carbocycles. The molecule has 0 radical (unpaired) electrons. The number of alkyl halides is 3. The van der Waals surface area contributed by atoms with Gasteiger partial charge in [-0.15, -0.1) is 0 Å². The summed E-state index contributed by atoms with van der Waals surface area (Å²) in [6.07, 6.45) is -4.86. The Morgan fingerprint density at radius 3 is 2.00 bits per heavy atom. The average molecular weight is 275 g/mol. The first-order chi connectivity index (χ1) is 8.11. The van der Waals surface area contributed by atoms with Crippen molar-refractivity contribution < 1.29 is 37.3 Å². The van der Waals surface area contributed by atoms with Gasteiger partial charge in [0.2, 0.25) is 0 Å². The van der Waals surface area contributed by atoms with Crippen LogP contribution in [0.15, 0.2) is 0 Å². The third-order valence-corrected chi connectivity index (χ3v) is 1.38. The van der Waals surface area contributed by atoms with Crippen molar-refractivity contribution in [3.63, 3.8) is 0 Å². The van der Waals surface area contributed by atoms with Gasteiger partial charge in [-0.05, 0) is 20.5 Å². The van der Waals surface area contributed by atoms with Gasteiger partial charge in [0.05, 0.1) is 13.7 Å². The summed E-state index contributed by atoms with van der Waals surface area (Å²) in [6, 6.07) is 0. The molecule has 0 bridgehead atoms. The number of hydrogen-bond acceptors (Lipinski definition) is 5. The first-order valence-electron chi connectivity index (χ1n) is 4.76. The zero-order chi connectivity index (χ0) is 14.8. The van der Waals surface area contributed by atoms with Crippen molar-refractivity contribution in [2.75, 3.05) is 34.4 Å². The third kappa shape index (κ3) is 14.5. The highest BCUT2D eigenvalue weighted by molar-refractivity contribution is 5.73. The minimum atomic E-state index is -5.08. The van der Waals surface area contributed by atoms with Crippen LogP contribution in [0.3, 0.4) is 0 Å². The van der Waals surface area contributed by atoms with E-state index in [9.17, 15) is 18.0 Å². The summed E-state index contributed by atoms with van der Waals surface area (Å²) in [6.45, 7) is 1.34. The molecule has 9 heteroatoms. The molecule has 0 aliphatic carbocycles. The van der Waals surface area contributed by atoms with Gasteiger partial charge in [0.1, 0.15) is 0 Å². The lowest BCUT2D eigenvalue weighted by atomic mass is 10.4. The van der Waals surface area contributed by atoms with Crippen molar-refractivity contribution in [3.05, 3.63) is 0 Å². The first kappa shape index (κ1) is 18.8. The first-order valence-corrected chi connectivity index (χ1v) is 4.76. The van der Waals surface area contributed by atoms with Crippen molar-refractivity contribution in [1.29, 1.82) is 0 Å². The second-order valence-electron chi connectivity index (χ2n) is 3.26. The monoisotopic (exact) mass is 275 g/mol. The summed E-state index contributed by atoms with van der Waals surface area (Å²) in [4.78, 5) is 21.3. The van der Waals surface area contributed by atoms with E-state index in [1.165, 1.54) is 7.11 Å². The Bertz CT molecular complexity index is 255. The summed E-state index contributed by atoms with van der Waals surface area (Å²) < 4.78 is 40.7. The van der Waals surface area contributed by atoms with E-state index >= 15 is 0 Å². The molecular weight excluding hydrogens is 259 g/mol. The minimum Gasteiger partial charge on any atom is -0.475 e. The van der Waals surface area contributed by atoms with Gasteiger partial charge < -0.3 is 19.5 Å². The van der Waals surface area contributed by atoms with Crippen molar-refractivity contribution in [2.45, 2.75) is 12.6 Å². The predicted molar refractivity (Wildman–Crippen MR) is 55.2 cm³/mol. The summed E-state index contributed by atoms with van der Waals surface area (Å²) in [5, 5.41) is 7.12. The van der Waals surface area contributed by atoms with Crippen LogP contribution in [0.4, 0.5) is 18.0 Å². The minimum absolute atomic E-state index is 0.421. The van der Waals surface area contributed by atoms with E-state index in [4.69, 9.17) is 9.90 Å². The van der Waals surface area contributed by atoms with Crippen LogP contribution >= 0.6 is 0 Å². The van der Waals surface area contributed by atoms with E-state index < -0.39 is 18.3 Å². The van der Waals surface area contributed by atoms with E-state index in [-0.39, 0.29) is 0 Å². The number of nitrogens with zero attached hydrogens (tertiary/aromatic N) is 1. The number of rotatable bonds is 4. The molecule has 0 aromatic rings. The lowest BCUT2D eigenvalue weighted by Gasteiger charge is -2.08. The van der Waals surface area contributed by atoms with Gasteiger partial charge in [-0.2, -0.15) is 13.2 Å². The Hall–Kier alpha value is -1.51. The molecule has 108 valence electrons. The Balaban J connectivity index is 0. The van der Waals surface area contributed by atoms with Gasteiger partial charge in [0.25, 0.3) is 0 Å². The second kappa shape index (κ2) is 9.51. The molecule has 0 saturated heterocycles. The maximum Gasteiger partial charge on any atom is 0.507 e. The largest absolute Gasteiger partial charge is 0.507 e. The number of hydrogen-bond donors (Lipinski definition) is 1. The van der Waals surface area contributed by atoms with Gasteiger partial charge >= 0.3 is 18.3 Å². The molecule has 1 N–H and O–H groups in total. The molecule has 0 spiro atoms. The number of carbonyl (C=O) groups is 2. The Kier molecular flexibility index (Phi) is 9.96.